The van der Waals surface area contributed by atoms with E-state index in [1.165, 1.54) is 5.56 Å². The molecule has 0 aromatic carbocycles. The van der Waals surface area contributed by atoms with Crippen LogP contribution >= 0.6 is 0 Å². The number of aryl methyl sites for hydroxylation is 2. The van der Waals surface area contributed by atoms with Crippen molar-refractivity contribution in [3.63, 3.8) is 0 Å². The maximum Gasteiger partial charge on any atom is 0.129 e. The number of rotatable bonds is 4. The van der Waals surface area contributed by atoms with Crippen molar-refractivity contribution in [3.8, 4) is 0 Å². The molecule has 0 atom stereocenters. The second-order valence-corrected chi connectivity index (χ2v) is 3.74. The number of aromatic nitrogens is 3. The third-order valence-corrected chi connectivity index (χ3v) is 2.49. The molecule has 0 aliphatic heterocycles. The Hall–Kier alpha value is -1.84. The standard InChI is InChI=1S/C12H16N4/c1-3-11-5-4-6-13-12(11)14-7-10-8-15-16(2)9-10/h4-6,8-9H,3,7H2,1-2H3,(H,13,14). The predicted molar refractivity (Wildman–Crippen MR) is 64.1 cm³/mol. The molecule has 4 heteroatoms. The summed E-state index contributed by atoms with van der Waals surface area (Å²) in [5.41, 5.74) is 2.40. The Morgan fingerprint density at radius 1 is 1.44 bits per heavy atom. The van der Waals surface area contributed by atoms with Crippen molar-refractivity contribution in [2.45, 2.75) is 19.9 Å². The summed E-state index contributed by atoms with van der Waals surface area (Å²) in [7, 11) is 1.92. The second-order valence-electron chi connectivity index (χ2n) is 3.74. The number of hydrogen-bond donors (Lipinski definition) is 1. The zero-order valence-corrected chi connectivity index (χ0v) is 9.64. The first-order valence-electron chi connectivity index (χ1n) is 5.45. The summed E-state index contributed by atoms with van der Waals surface area (Å²) in [6.45, 7) is 2.89. The zero-order valence-electron chi connectivity index (χ0n) is 9.64. The van der Waals surface area contributed by atoms with Crippen LogP contribution in [0.1, 0.15) is 18.1 Å². The highest BCUT2D eigenvalue weighted by Gasteiger charge is 2.01. The fraction of sp³-hybridized carbons (Fsp3) is 0.333. The summed E-state index contributed by atoms with van der Waals surface area (Å²) in [6.07, 6.45) is 6.66. The molecule has 2 aromatic heterocycles. The molecule has 16 heavy (non-hydrogen) atoms. The van der Waals surface area contributed by atoms with Gasteiger partial charge >= 0.3 is 0 Å². The van der Waals surface area contributed by atoms with Gasteiger partial charge in [-0.05, 0) is 18.1 Å². The van der Waals surface area contributed by atoms with Gasteiger partial charge in [-0.2, -0.15) is 5.10 Å². The molecule has 1 N–H and O–H groups in total. The maximum atomic E-state index is 4.33. The van der Waals surface area contributed by atoms with Crippen LogP contribution in [0.25, 0.3) is 0 Å². The molecule has 0 spiro atoms. The molecule has 2 rings (SSSR count). The van der Waals surface area contributed by atoms with Crippen molar-refractivity contribution in [3.05, 3.63) is 41.9 Å². The van der Waals surface area contributed by atoms with Crippen LogP contribution in [-0.4, -0.2) is 14.8 Å². The number of nitrogens with one attached hydrogen (secondary N) is 1. The molecule has 2 aromatic rings. The van der Waals surface area contributed by atoms with Crippen molar-refractivity contribution < 1.29 is 0 Å². The van der Waals surface area contributed by atoms with E-state index < -0.39 is 0 Å². The van der Waals surface area contributed by atoms with Crippen molar-refractivity contribution in [2.24, 2.45) is 7.05 Å². The van der Waals surface area contributed by atoms with Gasteiger partial charge in [0, 0.05) is 31.5 Å². The normalized spacial score (nSPS) is 10.4. The second kappa shape index (κ2) is 4.79. The number of nitrogens with zero attached hydrogens (tertiary/aromatic N) is 3. The molecule has 0 unspecified atom stereocenters. The lowest BCUT2D eigenvalue weighted by atomic mass is 10.2. The van der Waals surface area contributed by atoms with E-state index in [-0.39, 0.29) is 0 Å². The molecule has 0 aliphatic carbocycles. The van der Waals surface area contributed by atoms with Crippen molar-refractivity contribution in [1.29, 1.82) is 0 Å². The molecular formula is C12H16N4. The summed E-state index contributed by atoms with van der Waals surface area (Å²) in [6, 6.07) is 4.06. The quantitative estimate of drug-likeness (QED) is 0.850. The van der Waals surface area contributed by atoms with E-state index in [0.29, 0.717) is 0 Å². The van der Waals surface area contributed by atoms with Gasteiger partial charge < -0.3 is 5.32 Å². The number of pyridine rings is 1. The average Bonchev–Trinajstić information content (AvgIpc) is 2.73. The van der Waals surface area contributed by atoms with Crippen LogP contribution in [0, 0.1) is 0 Å². The monoisotopic (exact) mass is 216 g/mol. The fourth-order valence-corrected chi connectivity index (χ4v) is 1.63. The van der Waals surface area contributed by atoms with Gasteiger partial charge in [0.25, 0.3) is 0 Å². The summed E-state index contributed by atoms with van der Waals surface area (Å²) >= 11 is 0. The van der Waals surface area contributed by atoms with Crippen LogP contribution in [0.4, 0.5) is 5.82 Å². The molecule has 0 aliphatic rings. The Bertz CT molecular complexity index is 462. The summed E-state index contributed by atoms with van der Waals surface area (Å²) in [5.74, 6) is 0.967. The largest absolute Gasteiger partial charge is 0.366 e. The van der Waals surface area contributed by atoms with Crippen molar-refractivity contribution in [1.82, 2.24) is 14.8 Å². The first kappa shape index (κ1) is 10.7. The van der Waals surface area contributed by atoms with Crippen molar-refractivity contribution >= 4 is 5.82 Å². The maximum absolute atomic E-state index is 4.33. The lowest BCUT2D eigenvalue weighted by Gasteiger charge is -2.07. The molecule has 4 nitrogen and oxygen atoms in total. The lowest BCUT2D eigenvalue weighted by Crippen LogP contribution is -2.03. The van der Waals surface area contributed by atoms with Crippen LogP contribution in [0.2, 0.25) is 0 Å². The van der Waals surface area contributed by atoms with Gasteiger partial charge in [-0.3, -0.25) is 4.68 Å². The third-order valence-electron chi connectivity index (χ3n) is 2.49. The predicted octanol–water partition coefficient (Wildman–Crippen LogP) is 1.99. The van der Waals surface area contributed by atoms with Crippen molar-refractivity contribution in [2.75, 3.05) is 5.32 Å². The molecule has 2 heterocycles. The Kier molecular flexibility index (Phi) is 3.19. The lowest BCUT2D eigenvalue weighted by molar-refractivity contribution is 0.767. The van der Waals surface area contributed by atoms with Crippen LogP contribution in [0.3, 0.4) is 0 Å². The molecule has 0 saturated carbocycles. The van der Waals surface area contributed by atoms with E-state index in [9.17, 15) is 0 Å². The molecule has 0 amide bonds. The minimum Gasteiger partial charge on any atom is -0.366 e. The van der Waals surface area contributed by atoms with Gasteiger partial charge in [0.15, 0.2) is 0 Å². The van der Waals surface area contributed by atoms with Gasteiger partial charge in [-0.15, -0.1) is 0 Å². The minimum atomic E-state index is 0.762. The van der Waals surface area contributed by atoms with Crippen LogP contribution in [-0.2, 0) is 20.0 Å². The van der Waals surface area contributed by atoms with Crippen LogP contribution < -0.4 is 5.32 Å². The number of anilines is 1. The average molecular weight is 216 g/mol. The molecule has 0 saturated heterocycles. The summed E-state index contributed by atoms with van der Waals surface area (Å²) in [4.78, 5) is 4.33. The van der Waals surface area contributed by atoms with Gasteiger partial charge in [0.2, 0.25) is 0 Å². The highest BCUT2D eigenvalue weighted by molar-refractivity contribution is 5.43. The van der Waals surface area contributed by atoms with E-state index in [0.717, 1.165) is 24.3 Å². The van der Waals surface area contributed by atoms with Crippen LogP contribution in [0.15, 0.2) is 30.7 Å². The van der Waals surface area contributed by atoms with Gasteiger partial charge in [-0.25, -0.2) is 4.98 Å². The highest BCUT2D eigenvalue weighted by atomic mass is 15.2. The molecular weight excluding hydrogens is 200 g/mol. The summed E-state index contributed by atoms with van der Waals surface area (Å²) in [5, 5.41) is 7.46. The molecule has 84 valence electrons. The smallest absolute Gasteiger partial charge is 0.129 e. The molecule has 0 fully saturated rings. The van der Waals surface area contributed by atoms with Gasteiger partial charge in [0.05, 0.1) is 6.20 Å². The SMILES string of the molecule is CCc1cccnc1NCc1cnn(C)c1. The van der Waals surface area contributed by atoms with E-state index in [1.807, 2.05) is 31.7 Å². The van der Waals surface area contributed by atoms with E-state index in [1.54, 1.807) is 4.68 Å². The van der Waals surface area contributed by atoms with E-state index in [4.69, 9.17) is 0 Å². The fourth-order valence-electron chi connectivity index (χ4n) is 1.63. The van der Waals surface area contributed by atoms with E-state index >= 15 is 0 Å². The molecule has 0 bridgehead atoms. The summed E-state index contributed by atoms with van der Waals surface area (Å²) < 4.78 is 1.80. The highest BCUT2D eigenvalue weighted by Crippen LogP contribution is 2.12. The van der Waals surface area contributed by atoms with Gasteiger partial charge in [0.1, 0.15) is 5.82 Å². The Balaban J connectivity index is 2.04. The van der Waals surface area contributed by atoms with E-state index in [2.05, 4.69) is 28.4 Å². The zero-order chi connectivity index (χ0) is 11.4. The first-order valence-corrected chi connectivity index (χ1v) is 5.45. The first-order chi connectivity index (χ1) is 7.79. The Morgan fingerprint density at radius 2 is 2.31 bits per heavy atom. The minimum absolute atomic E-state index is 0.762. The number of hydrogen-bond acceptors (Lipinski definition) is 3. The van der Waals surface area contributed by atoms with Gasteiger partial charge in [-0.1, -0.05) is 13.0 Å². The Morgan fingerprint density at radius 3 is 3.00 bits per heavy atom. The topological polar surface area (TPSA) is 42.7 Å². The Labute approximate surface area is 95.3 Å². The molecule has 0 radical (unpaired) electrons. The third kappa shape index (κ3) is 2.39. The van der Waals surface area contributed by atoms with Crippen LogP contribution in [0.5, 0.6) is 0 Å².